The molecule has 0 amide bonds. The molecule has 96 valence electrons. The number of rotatable bonds is 2. The number of para-hydroxylation sites is 1. The highest BCUT2D eigenvalue weighted by molar-refractivity contribution is 5.84. The molecule has 0 saturated heterocycles. The predicted molar refractivity (Wildman–Crippen MR) is 72.8 cm³/mol. The van der Waals surface area contributed by atoms with E-state index in [1.807, 2.05) is 12.1 Å². The highest BCUT2D eigenvalue weighted by Gasteiger charge is 2.33. The first kappa shape index (κ1) is 11.4. The molecule has 1 aliphatic carbocycles. The van der Waals surface area contributed by atoms with Crippen LogP contribution in [0.4, 0.5) is 5.95 Å². The molecule has 2 aromatic rings. The van der Waals surface area contributed by atoms with Crippen molar-refractivity contribution in [2.45, 2.75) is 38.1 Å². The van der Waals surface area contributed by atoms with Crippen molar-refractivity contribution in [2.75, 3.05) is 12.8 Å². The summed E-state index contributed by atoms with van der Waals surface area (Å²) >= 11 is 0. The Hall–Kier alpha value is -1.71. The zero-order valence-electron chi connectivity index (χ0n) is 10.9. The van der Waals surface area contributed by atoms with Gasteiger partial charge in [-0.3, -0.25) is 0 Å². The number of anilines is 1. The number of nitrogens with zero attached hydrogens (tertiary/aromatic N) is 2. The van der Waals surface area contributed by atoms with Crippen LogP contribution in [0.15, 0.2) is 18.2 Å². The van der Waals surface area contributed by atoms with Crippen molar-refractivity contribution in [3.8, 4) is 5.75 Å². The summed E-state index contributed by atoms with van der Waals surface area (Å²) in [6.07, 6.45) is 4.86. The smallest absolute Gasteiger partial charge is 0.201 e. The number of benzene rings is 1. The number of fused-ring (bicyclic) bond motifs is 1. The maximum atomic E-state index is 6.14. The van der Waals surface area contributed by atoms with E-state index in [1.54, 1.807) is 7.11 Å². The standard InChI is InChI=1S/C14H19N3O/c1-14(8-3-4-9-14)17-10-6-5-7-11(18-2)12(10)16-13(17)15/h5-7H,3-4,8-9H2,1-2H3,(H2,15,16). The number of methoxy groups -OCH3 is 1. The molecule has 1 aromatic carbocycles. The van der Waals surface area contributed by atoms with Crippen LogP contribution in [-0.4, -0.2) is 16.7 Å². The van der Waals surface area contributed by atoms with E-state index in [0.717, 1.165) is 16.8 Å². The highest BCUT2D eigenvalue weighted by Crippen LogP contribution is 2.41. The molecule has 1 fully saturated rings. The van der Waals surface area contributed by atoms with Crippen molar-refractivity contribution in [1.29, 1.82) is 0 Å². The molecule has 0 radical (unpaired) electrons. The molecule has 0 atom stereocenters. The fraction of sp³-hybridized carbons (Fsp3) is 0.500. The van der Waals surface area contributed by atoms with E-state index < -0.39 is 0 Å². The Balaban J connectivity index is 2.26. The van der Waals surface area contributed by atoms with E-state index in [-0.39, 0.29) is 5.54 Å². The first-order chi connectivity index (χ1) is 8.65. The lowest BCUT2D eigenvalue weighted by Gasteiger charge is -2.27. The highest BCUT2D eigenvalue weighted by atomic mass is 16.5. The van der Waals surface area contributed by atoms with Gasteiger partial charge in [0.2, 0.25) is 5.95 Å². The third kappa shape index (κ3) is 1.48. The zero-order chi connectivity index (χ0) is 12.8. The summed E-state index contributed by atoms with van der Waals surface area (Å²) in [6.45, 7) is 2.27. The first-order valence-electron chi connectivity index (χ1n) is 6.47. The molecule has 4 heteroatoms. The van der Waals surface area contributed by atoms with Crippen LogP contribution in [0.25, 0.3) is 11.0 Å². The third-order valence-electron chi connectivity index (χ3n) is 4.11. The minimum atomic E-state index is 0.102. The predicted octanol–water partition coefficient (Wildman–Crippen LogP) is 2.92. The van der Waals surface area contributed by atoms with E-state index in [1.165, 1.54) is 25.7 Å². The molecule has 0 aliphatic heterocycles. The molecule has 18 heavy (non-hydrogen) atoms. The molecule has 3 rings (SSSR count). The van der Waals surface area contributed by atoms with E-state index in [9.17, 15) is 0 Å². The van der Waals surface area contributed by atoms with Gasteiger partial charge < -0.3 is 15.0 Å². The second-order valence-corrected chi connectivity index (χ2v) is 5.34. The van der Waals surface area contributed by atoms with Crippen molar-refractivity contribution < 1.29 is 4.74 Å². The maximum absolute atomic E-state index is 6.14. The molecule has 1 aromatic heterocycles. The van der Waals surface area contributed by atoms with Crippen molar-refractivity contribution in [3.05, 3.63) is 18.2 Å². The van der Waals surface area contributed by atoms with E-state index in [2.05, 4.69) is 22.5 Å². The molecule has 2 N–H and O–H groups in total. The van der Waals surface area contributed by atoms with E-state index in [0.29, 0.717) is 5.95 Å². The molecular formula is C14H19N3O. The number of nitrogens with two attached hydrogens (primary N) is 1. The van der Waals surface area contributed by atoms with E-state index >= 15 is 0 Å². The van der Waals surface area contributed by atoms with Crippen molar-refractivity contribution in [3.63, 3.8) is 0 Å². The Labute approximate surface area is 107 Å². The Morgan fingerprint density at radius 2 is 2.06 bits per heavy atom. The SMILES string of the molecule is COc1cccc2c1nc(N)n2C1(C)CCCC1. The Morgan fingerprint density at radius 3 is 2.72 bits per heavy atom. The zero-order valence-corrected chi connectivity index (χ0v) is 10.9. The van der Waals surface area contributed by atoms with Crippen LogP contribution in [0.3, 0.4) is 0 Å². The molecule has 1 aliphatic rings. The van der Waals surface area contributed by atoms with Crippen LogP contribution < -0.4 is 10.5 Å². The lowest BCUT2D eigenvalue weighted by atomic mass is 10.00. The number of imidazole rings is 1. The third-order valence-corrected chi connectivity index (χ3v) is 4.11. The normalized spacial score (nSPS) is 18.3. The summed E-state index contributed by atoms with van der Waals surface area (Å²) in [5, 5.41) is 0. The van der Waals surface area contributed by atoms with E-state index in [4.69, 9.17) is 10.5 Å². The van der Waals surface area contributed by atoms with Crippen LogP contribution >= 0.6 is 0 Å². The number of ether oxygens (including phenoxy) is 1. The number of aromatic nitrogens is 2. The van der Waals surface area contributed by atoms with Crippen molar-refractivity contribution >= 4 is 17.0 Å². The van der Waals surface area contributed by atoms with Gasteiger partial charge in [-0.2, -0.15) is 0 Å². The van der Waals surface area contributed by atoms with Crippen molar-refractivity contribution in [1.82, 2.24) is 9.55 Å². The number of hydrogen-bond acceptors (Lipinski definition) is 3. The Bertz CT molecular complexity index is 582. The molecule has 0 spiro atoms. The van der Waals surface area contributed by atoms with Gasteiger partial charge in [0.15, 0.2) is 0 Å². The van der Waals surface area contributed by atoms with Gasteiger partial charge in [-0.25, -0.2) is 4.98 Å². The minimum Gasteiger partial charge on any atom is -0.494 e. The van der Waals surface area contributed by atoms with Gasteiger partial charge in [-0.1, -0.05) is 18.9 Å². The van der Waals surface area contributed by atoms with Crippen LogP contribution in [-0.2, 0) is 5.54 Å². The summed E-state index contributed by atoms with van der Waals surface area (Å²) < 4.78 is 7.55. The average molecular weight is 245 g/mol. The van der Waals surface area contributed by atoms with Gasteiger partial charge in [-0.05, 0) is 31.9 Å². The van der Waals surface area contributed by atoms with Gasteiger partial charge in [-0.15, -0.1) is 0 Å². The summed E-state index contributed by atoms with van der Waals surface area (Å²) in [4.78, 5) is 4.49. The molecular weight excluding hydrogens is 226 g/mol. The minimum absolute atomic E-state index is 0.102. The van der Waals surface area contributed by atoms with Gasteiger partial charge in [0.1, 0.15) is 11.3 Å². The van der Waals surface area contributed by atoms with Crippen molar-refractivity contribution in [2.24, 2.45) is 0 Å². The Kier molecular flexibility index (Phi) is 2.47. The molecule has 1 heterocycles. The second kappa shape index (κ2) is 3.90. The maximum Gasteiger partial charge on any atom is 0.201 e. The lowest BCUT2D eigenvalue weighted by molar-refractivity contribution is 0.343. The molecule has 0 bridgehead atoms. The first-order valence-corrected chi connectivity index (χ1v) is 6.47. The van der Waals surface area contributed by atoms with Crippen LogP contribution in [0.1, 0.15) is 32.6 Å². The Morgan fingerprint density at radius 1 is 1.33 bits per heavy atom. The van der Waals surface area contributed by atoms with Crippen LogP contribution in [0.2, 0.25) is 0 Å². The number of nitrogen functional groups attached to an aromatic ring is 1. The number of hydrogen-bond donors (Lipinski definition) is 1. The van der Waals surface area contributed by atoms with Gasteiger partial charge in [0, 0.05) is 5.54 Å². The topological polar surface area (TPSA) is 53.1 Å². The molecule has 4 nitrogen and oxygen atoms in total. The monoisotopic (exact) mass is 245 g/mol. The van der Waals surface area contributed by atoms with Crippen LogP contribution in [0, 0.1) is 0 Å². The largest absolute Gasteiger partial charge is 0.494 e. The second-order valence-electron chi connectivity index (χ2n) is 5.34. The summed E-state index contributed by atoms with van der Waals surface area (Å²) in [5.41, 5.74) is 8.19. The summed E-state index contributed by atoms with van der Waals surface area (Å²) in [5.74, 6) is 1.39. The fourth-order valence-corrected chi connectivity index (χ4v) is 3.18. The fourth-order valence-electron chi connectivity index (χ4n) is 3.18. The van der Waals surface area contributed by atoms with Gasteiger partial charge >= 0.3 is 0 Å². The summed E-state index contributed by atoms with van der Waals surface area (Å²) in [7, 11) is 1.67. The summed E-state index contributed by atoms with van der Waals surface area (Å²) in [6, 6.07) is 6.00. The lowest BCUT2D eigenvalue weighted by Crippen LogP contribution is -2.27. The van der Waals surface area contributed by atoms with Crippen LogP contribution in [0.5, 0.6) is 5.75 Å². The van der Waals surface area contributed by atoms with Gasteiger partial charge in [0.05, 0.1) is 12.6 Å². The average Bonchev–Trinajstić information content (AvgIpc) is 2.92. The van der Waals surface area contributed by atoms with Gasteiger partial charge in [0.25, 0.3) is 0 Å². The quantitative estimate of drug-likeness (QED) is 0.885. The molecule has 0 unspecified atom stereocenters. The molecule has 1 saturated carbocycles.